The van der Waals surface area contributed by atoms with E-state index >= 15 is 0 Å². The summed E-state index contributed by atoms with van der Waals surface area (Å²) in [5.74, 6) is 1.05. The van der Waals surface area contributed by atoms with Crippen LogP contribution in [0.2, 0.25) is 0 Å². The predicted molar refractivity (Wildman–Crippen MR) is 95.8 cm³/mol. The average molecular weight is 337 g/mol. The summed E-state index contributed by atoms with van der Waals surface area (Å²) in [7, 11) is 0. The van der Waals surface area contributed by atoms with Crippen molar-refractivity contribution in [3.05, 3.63) is 59.9 Å². The number of benzene rings is 1. The van der Waals surface area contributed by atoms with Gasteiger partial charge in [-0.25, -0.2) is 0 Å². The lowest BCUT2D eigenvalue weighted by atomic mass is 9.99. The Balaban J connectivity index is 1.28. The third-order valence-electron chi connectivity index (χ3n) is 5.05. The van der Waals surface area contributed by atoms with E-state index in [1.54, 1.807) is 12.4 Å². The first kappa shape index (κ1) is 16.1. The molecule has 1 atom stereocenters. The molecule has 25 heavy (non-hydrogen) atoms. The number of rotatable bonds is 5. The molecule has 2 aliphatic rings. The van der Waals surface area contributed by atoms with E-state index in [1.807, 2.05) is 35.2 Å². The molecule has 1 fully saturated rings. The van der Waals surface area contributed by atoms with Gasteiger partial charge in [0.15, 0.2) is 0 Å². The number of carbonyl (C=O) groups is 1. The molecule has 0 N–H and O–H groups in total. The molecule has 5 nitrogen and oxygen atoms in total. The molecule has 0 bridgehead atoms. The number of aromatic nitrogens is 1. The lowest BCUT2D eigenvalue weighted by Gasteiger charge is -2.30. The van der Waals surface area contributed by atoms with Gasteiger partial charge in [-0.2, -0.15) is 0 Å². The molecule has 0 saturated carbocycles. The third kappa shape index (κ3) is 3.66. The number of pyridine rings is 1. The second kappa shape index (κ2) is 7.23. The van der Waals surface area contributed by atoms with Crippen LogP contribution in [0, 0.1) is 0 Å². The number of hydrogen-bond donors (Lipinski definition) is 0. The Morgan fingerprint density at radius 3 is 2.80 bits per heavy atom. The van der Waals surface area contributed by atoms with Crippen LogP contribution in [-0.2, 0) is 6.42 Å². The molecule has 1 amide bonds. The lowest BCUT2D eigenvalue weighted by Crippen LogP contribution is -2.42. The van der Waals surface area contributed by atoms with Crippen LogP contribution in [0.3, 0.4) is 0 Å². The van der Waals surface area contributed by atoms with Crippen molar-refractivity contribution in [2.24, 2.45) is 0 Å². The highest BCUT2D eigenvalue weighted by Gasteiger charge is 2.27. The van der Waals surface area contributed by atoms with Gasteiger partial charge in [0.25, 0.3) is 5.91 Å². The van der Waals surface area contributed by atoms with Crippen LogP contribution < -0.4 is 4.74 Å². The molecule has 4 rings (SSSR count). The van der Waals surface area contributed by atoms with E-state index in [2.05, 4.69) is 16.0 Å². The van der Waals surface area contributed by atoms with Gasteiger partial charge < -0.3 is 9.64 Å². The Bertz CT molecular complexity index is 735. The molecule has 0 spiro atoms. The molecule has 5 heteroatoms. The maximum absolute atomic E-state index is 12.6. The second-order valence-electron chi connectivity index (χ2n) is 6.71. The molecule has 1 aromatic heterocycles. The van der Waals surface area contributed by atoms with Crippen molar-refractivity contribution in [2.75, 3.05) is 32.7 Å². The predicted octanol–water partition coefficient (Wildman–Crippen LogP) is 2.23. The molecule has 0 unspecified atom stereocenters. The fourth-order valence-electron chi connectivity index (χ4n) is 3.66. The molecule has 3 heterocycles. The second-order valence-corrected chi connectivity index (χ2v) is 6.71. The van der Waals surface area contributed by atoms with Crippen LogP contribution in [0.1, 0.15) is 22.3 Å². The number of nitrogens with zero attached hydrogens (tertiary/aromatic N) is 3. The van der Waals surface area contributed by atoms with Crippen LogP contribution >= 0.6 is 0 Å². The van der Waals surface area contributed by atoms with Crippen molar-refractivity contribution in [3.63, 3.8) is 0 Å². The van der Waals surface area contributed by atoms with Crippen molar-refractivity contribution in [1.29, 1.82) is 0 Å². The summed E-state index contributed by atoms with van der Waals surface area (Å²) in [4.78, 5) is 21.0. The Hall–Kier alpha value is -2.40. The fourth-order valence-corrected chi connectivity index (χ4v) is 3.66. The van der Waals surface area contributed by atoms with E-state index < -0.39 is 0 Å². The minimum absolute atomic E-state index is 0.172. The highest BCUT2D eigenvalue weighted by molar-refractivity contribution is 5.96. The van der Waals surface area contributed by atoms with Gasteiger partial charge in [0.05, 0.1) is 0 Å². The summed E-state index contributed by atoms with van der Waals surface area (Å²) >= 11 is 0. The summed E-state index contributed by atoms with van der Waals surface area (Å²) in [6.45, 7) is 4.45. The molecule has 130 valence electrons. The van der Waals surface area contributed by atoms with E-state index in [1.165, 1.54) is 5.56 Å². The molecule has 0 radical (unpaired) electrons. The maximum atomic E-state index is 12.6. The van der Waals surface area contributed by atoms with Crippen molar-refractivity contribution in [3.8, 4) is 5.75 Å². The molecule has 1 aromatic carbocycles. The van der Waals surface area contributed by atoms with E-state index in [4.69, 9.17) is 4.74 Å². The zero-order chi connectivity index (χ0) is 17.1. The fraction of sp³-hybridized carbons (Fsp3) is 0.400. The zero-order valence-corrected chi connectivity index (χ0v) is 14.3. The van der Waals surface area contributed by atoms with Crippen molar-refractivity contribution >= 4 is 5.91 Å². The van der Waals surface area contributed by atoms with Crippen LogP contribution in [0.25, 0.3) is 0 Å². The van der Waals surface area contributed by atoms with E-state index in [-0.39, 0.29) is 12.0 Å². The summed E-state index contributed by atoms with van der Waals surface area (Å²) in [5, 5.41) is 0. The number of amides is 1. The first-order valence-corrected chi connectivity index (χ1v) is 8.96. The van der Waals surface area contributed by atoms with Gasteiger partial charge in [0.2, 0.25) is 0 Å². The SMILES string of the molecule is O=C1c2ccccc2CCN1CCN1CC[C@@H](Oc2ccncc2)C1. The van der Waals surface area contributed by atoms with Gasteiger partial charge >= 0.3 is 0 Å². The quantitative estimate of drug-likeness (QED) is 0.839. The minimum atomic E-state index is 0.172. The summed E-state index contributed by atoms with van der Waals surface area (Å²) in [5.41, 5.74) is 2.05. The van der Waals surface area contributed by atoms with Crippen molar-refractivity contribution < 1.29 is 9.53 Å². The average Bonchev–Trinajstić information content (AvgIpc) is 3.10. The highest BCUT2D eigenvalue weighted by atomic mass is 16.5. The molecule has 2 aliphatic heterocycles. The standard InChI is InChI=1S/C20H23N3O2/c24-20-19-4-2-1-3-16(19)7-12-23(20)14-13-22-11-8-18(15-22)25-17-5-9-21-10-6-17/h1-6,9-10,18H,7-8,11-15H2/t18-/m1/s1. The minimum Gasteiger partial charge on any atom is -0.489 e. The number of hydrogen-bond acceptors (Lipinski definition) is 4. The number of carbonyl (C=O) groups excluding carboxylic acids is 1. The third-order valence-corrected chi connectivity index (χ3v) is 5.05. The lowest BCUT2D eigenvalue weighted by molar-refractivity contribution is 0.0722. The normalized spacial score (nSPS) is 20.6. The van der Waals surface area contributed by atoms with Gasteiger partial charge in [-0.15, -0.1) is 0 Å². The van der Waals surface area contributed by atoms with Gasteiger partial charge in [0.1, 0.15) is 11.9 Å². The summed E-state index contributed by atoms with van der Waals surface area (Å²) < 4.78 is 6.00. The molecular formula is C20H23N3O2. The largest absolute Gasteiger partial charge is 0.489 e. The number of likely N-dealkylation sites (tertiary alicyclic amines) is 1. The molecule has 0 aliphatic carbocycles. The first-order valence-electron chi connectivity index (χ1n) is 8.96. The smallest absolute Gasteiger partial charge is 0.254 e. The van der Waals surface area contributed by atoms with E-state index in [0.29, 0.717) is 0 Å². The summed E-state index contributed by atoms with van der Waals surface area (Å²) in [6.07, 6.45) is 5.71. The molecule has 2 aromatic rings. The molecule has 1 saturated heterocycles. The van der Waals surface area contributed by atoms with Gasteiger partial charge in [-0.3, -0.25) is 14.7 Å². The monoisotopic (exact) mass is 337 g/mol. The Morgan fingerprint density at radius 1 is 1.08 bits per heavy atom. The van der Waals surface area contributed by atoms with Crippen LogP contribution in [0.5, 0.6) is 5.75 Å². The topological polar surface area (TPSA) is 45.7 Å². The van der Waals surface area contributed by atoms with Crippen molar-refractivity contribution in [1.82, 2.24) is 14.8 Å². The Morgan fingerprint density at radius 2 is 1.92 bits per heavy atom. The zero-order valence-electron chi connectivity index (χ0n) is 14.3. The number of fused-ring (bicyclic) bond motifs is 1. The van der Waals surface area contributed by atoms with Crippen LogP contribution in [-0.4, -0.2) is 59.5 Å². The summed E-state index contributed by atoms with van der Waals surface area (Å²) in [6, 6.07) is 11.8. The first-order chi connectivity index (χ1) is 12.3. The van der Waals surface area contributed by atoms with Gasteiger partial charge in [0, 0.05) is 50.7 Å². The number of ether oxygens (including phenoxy) is 1. The van der Waals surface area contributed by atoms with Crippen molar-refractivity contribution in [2.45, 2.75) is 18.9 Å². The van der Waals surface area contributed by atoms with Gasteiger partial charge in [-0.1, -0.05) is 18.2 Å². The van der Waals surface area contributed by atoms with Crippen LogP contribution in [0.15, 0.2) is 48.8 Å². The molecular weight excluding hydrogens is 314 g/mol. The van der Waals surface area contributed by atoms with Crippen LogP contribution in [0.4, 0.5) is 0 Å². The Kier molecular flexibility index (Phi) is 4.65. The van der Waals surface area contributed by atoms with E-state index in [9.17, 15) is 4.79 Å². The highest BCUT2D eigenvalue weighted by Crippen LogP contribution is 2.20. The maximum Gasteiger partial charge on any atom is 0.254 e. The van der Waals surface area contributed by atoms with Gasteiger partial charge in [-0.05, 0) is 36.6 Å². The van der Waals surface area contributed by atoms with E-state index in [0.717, 1.165) is 56.9 Å². The Labute approximate surface area is 148 Å².